The van der Waals surface area contributed by atoms with E-state index in [1.165, 1.54) is 6.42 Å². The summed E-state index contributed by atoms with van der Waals surface area (Å²) in [6.07, 6.45) is 2.95. The maximum Gasteiger partial charge on any atom is 0.122 e. The van der Waals surface area contributed by atoms with E-state index < -0.39 is 0 Å². The lowest BCUT2D eigenvalue weighted by Crippen LogP contribution is -2.38. The third-order valence-electron chi connectivity index (χ3n) is 3.63. The zero-order valence-corrected chi connectivity index (χ0v) is 11.7. The zero-order valence-electron chi connectivity index (χ0n) is 11.7. The third kappa shape index (κ3) is 4.17. The van der Waals surface area contributed by atoms with E-state index in [2.05, 4.69) is 45.1 Å². The number of hydrogen-bond acceptors (Lipinski definition) is 3. The molecule has 1 aromatic heterocycles. The second kappa shape index (κ2) is 6.82. The fourth-order valence-electron chi connectivity index (χ4n) is 1.87. The van der Waals surface area contributed by atoms with Crippen molar-refractivity contribution in [3.8, 4) is 0 Å². The molecule has 0 saturated heterocycles. The van der Waals surface area contributed by atoms with Crippen LogP contribution in [0.4, 0.5) is 0 Å². The van der Waals surface area contributed by atoms with Gasteiger partial charge in [0.1, 0.15) is 5.76 Å². The van der Waals surface area contributed by atoms with Crippen LogP contribution >= 0.6 is 0 Å². The Morgan fingerprint density at radius 1 is 1.35 bits per heavy atom. The molecule has 0 bridgehead atoms. The van der Waals surface area contributed by atoms with Crippen LogP contribution in [-0.4, -0.2) is 31.6 Å². The maximum atomic E-state index is 5.49. The first-order valence-corrected chi connectivity index (χ1v) is 6.49. The number of nitrogens with zero attached hydrogens (tertiary/aromatic N) is 1. The molecule has 0 fully saturated rings. The van der Waals surface area contributed by atoms with Gasteiger partial charge >= 0.3 is 0 Å². The molecular formula is C14H26N2O. The quantitative estimate of drug-likeness (QED) is 0.791. The van der Waals surface area contributed by atoms with Gasteiger partial charge in [0.25, 0.3) is 0 Å². The second-order valence-corrected chi connectivity index (χ2v) is 5.08. The van der Waals surface area contributed by atoms with Gasteiger partial charge in [-0.05, 0) is 39.1 Å². The molecule has 1 rings (SSSR count). The lowest BCUT2D eigenvalue weighted by molar-refractivity contribution is 0.236. The molecule has 0 saturated carbocycles. The SMILES string of the molecule is CCC(C)C(C)NCC(c1ccco1)N(C)C. The molecule has 0 aliphatic carbocycles. The van der Waals surface area contributed by atoms with Gasteiger partial charge in [0.15, 0.2) is 0 Å². The van der Waals surface area contributed by atoms with E-state index in [1.807, 2.05) is 12.1 Å². The van der Waals surface area contributed by atoms with Gasteiger partial charge in [0.05, 0.1) is 12.3 Å². The molecule has 0 amide bonds. The molecule has 3 unspecified atom stereocenters. The Bertz CT molecular complexity index is 295. The highest BCUT2D eigenvalue weighted by molar-refractivity contribution is 5.05. The highest BCUT2D eigenvalue weighted by atomic mass is 16.3. The summed E-state index contributed by atoms with van der Waals surface area (Å²) in [6, 6.07) is 4.83. The highest BCUT2D eigenvalue weighted by Gasteiger charge is 2.18. The Balaban J connectivity index is 2.52. The average Bonchev–Trinajstić information content (AvgIpc) is 2.81. The van der Waals surface area contributed by atoms with Crippen LogP contribution in [0.3, 0.4) is 0 Å². The predicted molar refractivity (Wildman–Crippen MR) is 72.1 cm³/mol. The van der Waals surface area contributed by atoms with Crippen LogP contribution in [0.5, 0.6) is 0 Å². The summed E-state index contributed by atoms with van der Waals surface area (Å²) in [5.74, 6) is 1.73. The van der Waals surface area contributed by atoms with Gasteiger partial charge in [0, 0.05) is 12.6 Å². The molecule has 3 atom stereocenters. The molecule has 0 aliphatic rings. The minimum Gasteiger partial charge on any atom is -0.468 e. The molecule has 17 heavy (non-hydrogen) atoms. The van der Waals surface area contributed by atoms with Crippen LogP contribution in [-0.2, 0) is 0 Å². The van der Waals surface area contributed by atoms with Gasteiger partial charge in [0.2, 0.25) is 0 Å². The average molecular weight is 238 g/mol. The molecule has 1 N–H and O–H groups in total. The van der Waals surface area contributed by atoms with Crippen LogP contribution in [0.15, 0.2) is 22.8 Å². The minimum atomic E-state index is 0.302. The van der Waals surface area contributed by atoms with Crippen molar-refractivity contribution < 1.29 is 4.42 Å². The number of likely N-dealkylation sites (N-methyl/N-ethyl adjacent to an activating group) is 1. The van der Waals surface area contributed by atoms with Gasteiger partial charge < -0.3 is 9.73 Å². The van der Waals surface area contributed by atoms with Crippen LogP contribution in [0.25, 0.3) is 0 Å². The normalized spacial score (nSPS) is 17.1. The van der Waals surface area contributed by atoms with E-state index >= 15 is 0 Å². The van der Waals surface area contributed by atoms with Crippen molar-refractivity contribution in [2.45, 2.75) is 39.3 Å². The second-order valence-electron chi connectivity index (χ2n) is 5.08. The summed E-state index contributed by atoms with van der Waals surface area (Å²) in [6.45, 7) is 7.70. The highest BCUT2D eigenvalue weighted by Crippen LogP contribution is 2.18. The van der Waals surface area contributed by atoms with Gasteiger partial charge in [-0.1, -0.05) is 20.3 Å². The zero-order chi connectivity index (χ0) is 12.8. The van der Waals surface area contributed by atoms with Crippen LogP contribution in [0.1, 0.15) is 39.0 Å². The van der Waals surface area contributed by atoms with E-state index in [0.29, 0.717) is 18.0 Å². The van der Waals surface area contributed by atoms with Crippen molar-refractivity contribution in [3.05, 3.63) is 24.2 Å². The van der Waals surface area contributed by atoms with E-state index in [9.17, 15) is 0 Å². The molecule has 1 aromatic rings. The first-order chi connectivity index (χ1) is 8.06. The summed E-state index contributed by atoms with van der Waals surface area (Å²) in [7, 11) is 4.17. The largest absolute Gasteiger partial charge is 0.468 e. The number of nitrogens with one attached hydrogen (secondary N) is 1. The molecule has 3 heteroatoms. The molecule has 0 aromatic carbocycles. The topological polar surface area (TPSA) is 28.4 Å². The number of rotatable bonds is 7. The predicted octanol–water partition coefficient (Wildman–Crippen LogP) is 2.91. The molecule has 3 nitrogen and oxygen atoms in total. The molecule has 0 aliphatic heterocycles. The summed E-state index contributed by atoms with van der Waals surface area (Å²) < 4.78 is 5.49. The molecule has 1 heterocycles. The molecular weight excluding hydrogens is 212 g/mol. The fraction of sp³-hybridized carbons (Fsp3) is 0.714. The first kappa shape index (κ1) is 14.3. The van der Waals surface area contributed by atoms with Crippen LogP contribution in [0, 0.1) is 5.92 Å². The van der Waals surface area contributed by atoms with Gasteiger partial charge in [-0.25, -0.2) is 0 Å². The third-order valence-corrected chi connectivity index (χ3v) is 3.63. The summed E-state index contributed by atoms with van der Waals surface area (Å²) in [4.78, 5) is 2.19. The monoisotopic (exact) mass is 238 g/mol. The summed E-state index contributed by atoms with van der Waals surface area (Å²) in [5, 5.41) is 3.60. The minimum absolute atomic E-state index is 0.302. The standard InChI is InChI=1S/C14H26N2O/c1-6-11(2)12(3)15-10-13(16(4)5)14-8-7-9-17-14/h7-9,11-13,15H,6,10H2,1-5H3. The lowest BCUT2D eigenvalue weighted by atomic mass is 10.0. The number of furan rings is 1. The van der Waals surface area contributed by atoms with Gasteiger partial charge in [-0.15, -0.1) is 0 Å². The lowest BCUT2D eigenvalue weighted by Gasteiger charge is -2.26. The van der Waals surface area contributed by atoms with Crippen molar-refractivity contribution in [1.82, 2.24) is 10.2 Å². The van der Waals surface area contributed by atoms with Crippen molar-refractivity contribution in [2.24, 2.45) is 5.92 Å². The van der Waals surface area contributed by atoms with E-state index in [1.54, 1.807) is 6.26 Å². The smallest absolute Gasteiger partial charge is 0.122 e. The van der Waals surface area contributed by atoms with Crippen molar-refractivity contribution in [1.29, 1.82) is 0 Å². The van der Waals surface area contributed by atoms with Gasteiger partial charge in [-0.2, -0.15) is 0 Å². The Kier molecular flexibility index (Phi) is 5.72. The Hall–Kier alpha value is -0.800. The molecule has 98 valence electrons. The molecule has 0 spiro atoms. The fourth-order valence-corrected chi connectivity index (χ4v) is 1.87. The maximum absolute atomic E-state index is 5.49. The summed E-state index contributed by atoms with van der Waals surface area (Å²) in [5.41, 5.74) is 0. The Labute approximate surface area is 105 Å². The Morgan fingerprint density at radius 3 is 2.53 bits per heavy atom. The van der Waals surface area contributed by atoms with Gasteiger partial charge in [-0.3, -0.25) is 4.90 Å². The van der Waals surface area contributed by atoms with Crippen molar-refractivity contribution >= 4 is 0 Å². The van der Waals surface area contributed by atoms with E-state index in [4.69, 9.17) is 4.42 Å². The van der Waals surface area contributed by atoms with Crippen LogP contribution < -0.4 is 5.32 Å². The van der Waals surface area contributed by atoms with E-state index in [0.717, 1.165) is 12.3 Å². The first-order valence-electron chi connectivity index (χ1n) is 6.49. The van der Waals surface area contributed by atoms with E-state index in [-0.39, 0.29) is 0 Å². The summed E-state index contributed by atoms with van der Waals surface area (Å²) >= 11 is 0. The van der Waals surface area contributed by atoms with Crippen molar-refractivity contribution in [2.75, 3.05) is 20.6 Å². The van der Waals surface area contributed by atoms with Crippen molar-refractivity contribution in [3.63, 3.8) is 0 Å². The molecule has 0 radical (unpaired) electrons. The Morgan fingerprint density at radius 2 is 2.06 bits per heavy atom. The number of hydrogen-bond donors (Lipinski definition) is 1. The van der Waals surface area contributed by atoms with Crippen LogP contribution in [0.2, 0.25) is 0 Å².